The van der Waals surface area contributed by atoms with E-state index in [0.29, 0.717) is 24.7 Å². The summed E-state index contributed by atoms with van der Waals surface area (Å²) in [6, 6.07) is 18.2. The summed E-state index contributed by atoms with van der Waals surface area (Å²) in [5, 5.41) is 5.63. The fourth-order valence-electron chi connectivity index (χ4n) is 3.63. The highest BCUT2D eigenvalue weighted by atomic mass is 16.5. The number of nitrogens with zero attached hydrogens (tertiary/aromatic N) is 3. The molecule has 1 amide bonds. The molecule has 0 aliphatic rings. The Kier molecular flexibility index (Phi) is 5.90. The Labute approximate surface area is 174 Å². The minimum Gasteiger partial charge on any atom is -0.373 e. The minimum absolute atomic E-state index is 0.0511. The Morgan fingerprint density at radius 1 is 1.13 bits per heavy atom. The van der Waals surface area contributed by atoms with Crippen LogP contribution in [0.3, 0.4) is 0 Å². The Bertz CT molecular complexity index is 1120. The molecule has 2 heterocycles. The van der Waals surface area contributed by atoms with Crippen molar-refractivity contribution >= 4 is 16.8 Å². The second-order valence-electron chi connectivity index (χ2n) is 7.37. The predicted molar refractivity (Wildman–Crippen MR) is 115 cm³/mol. The van der Waals surface area contributed by atoms with Gasteiger partial charge in [-0.05, 0) is 25.0 Å². The van der Waals surface area contributed by atoms with Crippen LogP contribution in [0.25, 0.3) is 10.9 Å². The van der Waals surface area contributed by atoms with Crippen molar-refractivity contribution in [2.75, 3.05) is 0 Å². The topological polar surface area (TPSA) is 98.8 Å². The van der Waals surface area contributed by atoms with E-state index in [1.54, 1.807) is 0 Å². The second kappa shape index (κ2) is 8.92. The first-order chi connectivity index (χ1) is 14.6. The molecule has 0 spiro atoms. The number of H-pyrrole nitrogens is 1. The number of para-hydroxylation sites is 1. The standard InChI is InChI=1S/C23H25N5O2/c1-16(30-15-17-7-3-2-4-8-17)19(23-25-14-20(27-23)22(24)29)11-12-28-21-10-6-5-9-18(21)13-26-28/h2-10,13-14,16,19H,11-12,15H2,1H3,(H2,24,29)(H,25,27)/t16-,19-/m0/s1. The summed E-state index contributed by atoms with van der Waals surface area (Å²) in [6.07, 6.45) is 3.97. The van der Waals surface area contributed by atoms with Crippen molar-refractivity contribution in [3.63, 3.8) is 0 Å². The number of hydrogen-bond donors (Lipinski definition) is 2. The summed E-state index contributed by atoms with van der Waals surface area (Å²) in [5.74, 6) is 0.119. The molecule has 0 saturated heterocycles. The number of primary amides is 1. The van der Waals surface area contributed by atoms with E-state index >= 15 is 0 Å². The number of nitrogens with two attached hydrogens (primary N) is 1. The van der Waals surface area contributed by atoms with Gasteiger partial charge < -0.3 is 15.5 Å². The zero-order valence-electron chi connectivity index (χ0n) is 16.9. The van der Waals surface area contributed by atoms with Crippen molar-refractivity contribution < 1.29 is 9.53 Å². The summed E-state index contributed by atoms with van der Waals surface area (Å²) in [5.41, 5.74) is 7.90. The fourth-order valence-corrected chi connectivity index (χ4v) is 3.63. The van der Waals surface area contributed by atoms with Gasteiger partial charge in [0.05, 0.1) is 30.6 Å². The van der Waals surface area contributed by atoms with Gasteiger partial charge in [0.2, 0.25) is 0 Å². The first-order valence-corrected chi connectivity index (χ1v) is 10.0. The average Bonchev–Trinajstić information content (AvgIpc) is 3.41. The molecule has 0 aliphatic heterocycles. The van der Waals surface area contributed by atoms with E-state index in [4.69, 9.17) is 10.5 Å². The largest absolute Gasteiger partial charge is 0.373 e. The molecule has 0 unspecified atom stereocenters. The van der Waals surface area contributed by atoms with Crippen LogP contribution >= 0.6 is 0 Å². The van der Waals surface area contributed by atoms with Gasteiger partial charge in [-0.3, -0.25) is 9.48 Å². The molecule has 4 rings (SSSR count). The third-order valence-electron chi connectivity index (χ3n) is 5.34. The summed E-state index contributed by atoms with van der Waals surface area (Å²) in [6.45, 7) is 3.23. The average molecular weight is 403 g/mol. The zero-order chi connectivity index (χ0) is 20.9. The Morgan fingerprint density at radius 3 is 2.67 bits per heavy atom. The van der Waals surface area contributed by atoms with Gasteiger partial charge in [0.25, 0.3) is 5.91 Å². The van der Waals surface area contributed by atoms with Crippen LogP contribution in [0.15, 0.2) is 67.0 Å². The summed E-state index contributed by atoms with van der Waals surface area (Å²) < 4.78 is 8.16. The highest BCUT2D eigenvalue weighted by Gasteiger charge is 2.24. The maximum Gasteiger partial charge on any atom is 0.266 e. The van der Waals surface area contributed by atoms with E-state index in [9.17, 15) is 4.79 Å². The smallest absolute Gasteiger partial charge is 0.266 e. The van der Waals surface area contributed by atoms with Gasteiger partial charge in [-0.1, -0.05) is 48.5 Å². The first kappa shape index (κ1) is 19.8. The van der Waals surface area contributed by atoms with E-state index in [0.717, 1.165) is 22.9 Å². The number of aromatic nitrogens is 4. The summed E-state index contributed by atoms with van der Waals surface area (Å²) >= 11 is 0. The molecule has 0 radical (unpaired) electrons. The van der Waals surface area contributed by atoms with Crippen LogP contribution in [0, 0.1) is 0 Å². The molecule has 0 fully saturated rings. The van der Waals surface area contributed by atoms with Gasteiger partial charge in [0.15, 0.2) is 0 Å². The van der Waals surface area contributed by atoms with E-state index < -0.39 is 5.91 Å². The molecular weight excluding hydrogens is 378 g/mol. The van der Waals surface area contributed by atoms with Gasteiger partial charge in [-0.2, -0.15) is 5.10 Å². The lowest BCUT2D eigenvalue weighted by molar-refractivity contribution is 0.0296. The lowest BCUT2D eigenvalue weighted by atomic mass is 9.98. The van der Waals surface area contributed by atoms with Crippen molar-refractivity contribution in [1.82, 2.24) is 19.7 Å². The molecule has 0 saturated carbocycles. The van der Waals surface area contributed by atoms with Crippen molar-refractivity contribution in [1.29, 1.82) is 0 Å². The zero-order valence-corrected chi connectivity index (χ0v) is 16.9. The summed E-state index contributed by atoms with van der Waals surface area (Å²) in [4.78, 5) is 19.0. The molecule has 2 aromatic heterocycles. The lowest BCUT2D eigenvalue weighted by Crippen LogP contribution is -2.22. The second-order valence-corrected chi connectivity index (χ2v) is 7.37. The minimum atomic E-state index is -0.525. The molecular formula is C23H25N5O2. The number of carbonyl (C=O) groups is 1. The van der Waals surface area contributed by atoms with Crippen LogP contribution in [0.4, 0.5) is 0 Å². The number of rotatable bonds is 9. The van der Waals surface area contributed by atoms with E-state index in [1.807, 2.05) is 66.3 Å². The number of carbonyl (C=O) groups excluding carboxylic acids is 1. The normalized spacial score (nSPS) is 13.4. The van der Waals surface area contributed by atoms with Crippen molar-refractivity contribution in [3.05, 3.63) is 84.1 Å². The molecule has 7 nitrogen and oxygen atoms in total. The third kappa shape index (κ3) is 4.41. The number of ether oxygens (including phenoxy) is 1. The summed E-state index contributed by atoms with van der Waals surface area (Å²) in [7, 11) is 0. The van der Waals surface area contributed by atoms with E-state index in [1.165, 1.54) is 6.20 Å². The molecule has 4 aromatic rings. The molecule has 154 valence electrons. The van der Waals surface area contributed by atoms with Crippen LogP contribution in [0.5, 0.6) is 0 Å². The first-order valence-electron chi connectivity index (χ1n) is 10.0. The quantitative estimate of drug-likeness (QED) is 0.446. The monoisotopic (exact) mass is 403 g/mol. The number of aromatic amines is 1. The van der Waals surface area contributed by atoms with Gasteiger partial charge in [0, 0.05) is 17.8 Å². The number of benzene rings is 2. The molecule has 7 heteroatoms. The Morgan fingerprint density at radius 2 is 1.90 bits per heavy atom. The highest BCUT2D eigenvalue weighted by Crippen LogP contribution is 2.26. The number of imidazole rings is 1. The van der Waals surface area contributed by atoms with Gasteiger partial charge in [0.1, 0.15) is 11.5 Å². The number of fused-ring (bicyclic) bond motifs is 1. The maximum atomic E-state index is 11.5. The number of hydrogen-bond acceptors (Lipinski definition) is 4. The van der Waals surface area contributed by atoms with Crippen molar-refractivity contribution in [3.8, 4) is 0 Å². The van der Waals surface area contributed by atoms with Crippen molar-refractivity contribution in [2.24, 2.45) is 5.73 Å². The van der Waals surface area contributed by atoms with Gasteiger partial charge in [-0.15, -0.1) is 0 Å². The number of nitrogens with one attached hydrogen (secondary N) is 1. The van der Waals surface area contributed by atoms with Crippen LogP contribution in [0.1, 0.15) is 41.1 Å². The third-order valence-corrected chi connectivity index (χ3v) is 5.34. The van der Waals surface area contributed by atoms with Gasteiger partial charge >= 0.3 is 0 Å². The SMILES string of the molecule is C[C@H](OCc1ccccc1)[C@H](CCn1ncc2ccccc21)c1ncc(C(N)=O)[nH]1. The molecule has 0 bridgehead atoms. The molecule has 0 aliphatic carbocycles. The molecule has 2 aromatic carbocycles. The Balaban J connectivity index is 1.52. The predicted octanol–water partition coefficient (Wildman–Crippen LogP) is 3.64. The van der Waals surface area contributed by atoms with Crippen LogP contribution in [0.2, 0.25) is 0 Å². The highest BCUT2D eigenvalue weighted by molar-refractivity contribution is 5.90. The van der Waals surface area contributed by atoms with Gasteiger partial charge in [-0.25, -0.2) is 4.98 Å². The van der Waals surface area contributed by atoms with Crippen LogP contribution in [-0.4, -0.2) is 31.8 Å². The van der Waals surface area contributed by atoms with Crippen LogP contribution < -0.4 is 5.73 Å². The van der Waals surface area contributed by atoms with Crippen LogP contribution in [-0.2, 0) is 17.9 Å². The molecule has 2 atom stereocenters. The molecule has 30 heavy (non-hydrogen) atoms. The fraction of sp³-hybridized carbons (Fsp3) is 0.261. The number of amides is 1. The van der Waals surface area contributed by atoms with E-state index in [2.05, 4.69) is 21.1 Å². The van der Waals surface area contributed by atoms with E-state index in [-0.39, 0.29) is 12.0 Å². The maximum absolute atomic E-state index is 11.5. The lowest BCUT2D eigenvalue weighted by Gasteiger charge is -2.23. The Hall–Kier alpha value is -3.45. The number of aryl methyl sites for hydroxylation is 1. The van der Waals surface area contributed by atoms with Crippen molar-refractivity contribution in [2.45, 2.75) is 38.5 Å². The molecule has 3 N–H and O–H groups in total.